The average Bonchev–Trinajstić information content (AvgIpc) is 2.81. The monoisotopic (exact) mass is 517 g/mol. The smallest absolute Gasteiger partial charge is 0.408 e. The van der Waals surface area contributed by atoms with Crippen molar-refractivity contribution < 1.29 is 24.2 Å². The first-order valence-corrected chi connectivity index (χ1v) is 13.7. The topological polar surface area (TPSA) is 108 Å². The molecule has 8 nitrogen and oxygen atoms in total. The van der Waals surface area contributed by atoms with E-state index in [9.17, 15) is 19.5 Å². The maximum absolute atomic E-state index is 14.1. The van der Waals surface area contributed by atoms with Crippen LogP contribution in [0.25, 0.3) is 0 Å². The predicted octanol–water partition coefficient (Wildman–Crippen LogP) is 5.37. The number of amides is 3. The molecule has 8 heteroatoms. The number of phenols is 1. The molecule has 0 radical (unpaired) electrons. The number of carbonyl (C=O) groups is 3. The number of aryl methyl sites for hydroxylation is 1. The first-order valence-electron chi connectivity index (χ1n) is 13.7. The molecule has 0 bridgehead atoms. The van der Waals surface area contributed by atoms with Crippen molar-refractivity contribution in [2.24, 2.45) is 5.92 Å². The number of carbonyl (C=O) groups excluding carboxylic acids is 3. The number of para-hydroxylation sites is 1. The molecule has 1 aromatic carbocycles. The number of phenolic OH excluding ortho intramolecular Hbond substituents is 1. The Morgan fingerprint density at radius 3 is 2.35 bits per heavy atom. The van der Waals surface area contributed by atoms with Gasteiger partial charge < -0.3 is 25.4 Å². The van der Waals surface area contributed by atoms with E-state index >= 15 is 0 Å². The number of nitrogens with one attached hydrogen (secondary N) is 2. The van der Waals surface area contributed by atoms with Crippen LogP contribution in [0.3, 0.4) is 0 Å². The fourth-order valence-corrected chi connectivity index (χ4v) is 4.70. The van der Waals surface area contributed by atoms with Crippen molar-refractivity contribution in [2.75, 3.05) is 6.54 Å². The number of benzene rings is 1. The number of ether oxygens (including phenoxy) is 1. The van der Waals surface area contributed by atoms with E-state index in [1.807, 2.05) is 20.8 Å². The summed E-state index contributed by atoms with van der Waals surface area (Å²) in [5.41, 5.74) is 0.299. The zero-order valence-electron chi connectivity index (χ0n) is 23.7. The second-order valence-corrected chi connectivity index (χ2v) is 11.5. The second-order valence-electron chi connectivity index (χ2n) is 11.5. The third-order valence-electron chi connectivity index (χ3n) is 6.72. The lowest BCUT2D eigenvalue weighted by Gasteiger charge is -2.37. The van der Waals surface area contributed by atoms with Crippen LogP contribution >= 0.6 is 0 Å². The Balaban J connectivity index is 2.49. The summed E-state index contributed by atoms with van der Waals surface area (Å²) in [6.45, 7) is 13.1. The Morgan fingerprint density at radius 1 is 1.14 bits per heavy atom. The Labute approximate surface area is 222 Å². The van der Waals surface area contributed by atoms with Crippen LogP contribution < -0.4 is 10.6 Å². The number of rotatable bonds is 10. The zero-order valence-corrected chi connectivity index (χ0v) is 23.7. The lowest BCUT2D eigenvalue weighted by molar-refractivity contribution is -0.143. The molecule has 208 valence electrons. The highest BCUT2D eigenvalue weighted by molar-refractivity contribution is 5.92. The molecule has 0 spiro atoms. The fourth-order valence-electron chi connectivity index (χ4n) is 4.70. The standard InChI is InChI=1S/C29H47N3O5/c1-8-9-18-32(27(35)23(19(2)3)31-28(36)37-29(5,6)7)24(22-17-13-14-20(4)25(22)33)26(34)30-21-15-11-10-12-16-21/h13-14,17,19,21,23-24,33H,8-12,15-16,18H2,1-7H3,(H,30,34)(H,31,36). The van der Waals surface area contributed by atoms with Crippen LogP contribution in [0, 0.1) is 12.8 Å². The molecule has 2 unspecified atom stereocenters. The summed E-state index contributed by atoms with van der Waals surface area (Å²) in [5.74, 6) is -0.935. The molecule has 0 aromatic heterocycles. The number of hydrogen-bond donors (Lipinski definition) is 3. The Bertz CT molecular complexity index is 919. The van der Waals surface area contributed by atoms with Crippen molar-refractivity contribution in [2.45, 2.75) is 117 Å². The van der Waals surface area contributed by atoms with Gasteiger partial charge in [-0.2, -0.15) is 0 Å². The molecular formula is C29H47N3O5. The second kappa shape index (κ2) is 13.7. The molecule has 0 saturated heterocycles. The van der Waals surface area contributed by atoms with Gasteiger partial charge in [0.1, 0.15) is 23.4 Å². The predicted molar refractivity (Wildman–Crippen MR) is 145 cm³/mol. The van der Waals surface area contributed by atoms with E-state index in [0.29, 0.717) is 24.1 Å². The van der Waals surface area contributed by atoms with Gasteiger partial charge in [-0.05, 0) is 58.4 Å². The summed E-state index contributed by atoms with van der Waals surface area (Å²) < 4.78 is 5.42. The SMILES string of the molecule is CCCCN(C(=O)C(NC(=O)OC(C)(C)C)C(C)C)C(C(=O)NC1CCCCC1)c1cccc(C)c1O. The highest BCUT2D eigenvalue weighted by Gasteiger charge is 2.39. The van der Waals surface area contributed by atoms with Gasteiger partial charge in [0.05, 0.1) is 0 Å². The molecule has 1 aliphatic carbocycles. The molecule has 1 aromatic rings. The van der Waals surface area contributed by atoms with E-state index in [4.69, 9.17) is 4.74 Å². The van der Waals surface area contributed by atoms with Crippen molar-refractivity contribution in [3.8, 4) is 5.75 Å². The van der Waals surface area contributed by atoms with Gasteiger partial charge in [0.25, 0.3) is 0 Å². The van der Waals surface area contributed by atoms with Gasteiger partial charge in [-0.15, -0.1) is 0 Å². The van der Waals surface area contributed by atoms with Crippen LogP contribution in [0.1, 0.15) is 104 Å². The van der Waals surface area contributed by atoms with Gasteiger partial charge in [-0.1, -0.05) is 64.7 Å². The van der Waals surface area contributed by atoms with Crippen molar-refractivity contribution in [3.05, 3.63) is 29.3 Å². The van der Waals surface area contributed by atoms with E-state index in [1.54, 1.807) is 45.9 Å². The third kappa shape index (κ3) is 8.93. The highest BCUT2D eigenvalue weighted by Crippen LogP contribution is 2.33. The first-order chi connectivity index (χ1) is 17.4. The highest BCUT2D eigenvalue weighted by atomic mass is 16.6. The molecule has 2 atom stereocenters. The number of aromatic hydroxyl groups is 1. The molecular weight excluding hydrogens is 470 g/mol. The van der Waals surface area contributed by atoms with Gasteiger partial charge in [0.2, 0.25) is 11.8 Å². The molecule has 37 heavy (non-hydrogen) atoms. The van der Waals surface area contributed by atoms with Crippen LogP contribution in [-0.4, -0.2) is 52.1 Å². The number of alkyl carbamates (subject to hydrolysis) is 1. The van der Waals surface area contributed by atoms with Crippen LogP contribution in [0.5, 0.6) is 5.75 Å². The zero-order chi connectivity index (χ0) is 27.8. The Morgan fingerprint density at radius 2 is 1.78 bits per heavy atom. The van der Waals surface area contributed by atoms with Gasteiger partial charge in [-0.3, -0.25) is 9.59 Å². The van der Waals surface area contributed by atoms with Crippen LogP contribution in [0.2, 0.25) is 0 Å². The van der Waals surface area contributed by atoms with Crippen molar-refractivity contribution >= 4 is 17.9 Å². The molecule has 1 fully saturated rings. The lowest BCUT2D eigenvalue weighted by Crippen LogP contribution is -2.55. The fraction of sp³-hybridized carbons (Fsp3) is 0.690. The maximum Gasteiger partial charge on any atom is 0.408 e. The van der Waals surface area contributed by atoms with Gasteiger partial charge in [-0.25, -0.2) is 4.79 Å². The van der Waals surface area contributed by atoms with E-state index in [0.717, 1.165) is 38.5 Å². The van der Waals surface area contributed by atoms with E-state index < -0.39 is 23.8 Å². The summed E-state index contributed by atoms with van der Waals surface area (Å²) in [6.07, 6.45) is 5.86. The minimum absolute atomic E-state index is 0.00166. The molecule has 1 aliphatic rings. The molecule has 3 N–H and O–H groups in total. The maximum atomic E-state index is 14.1. The van der Waals surface area contributed by atoms with Crippen molar-refractivity contribution in [1.29, 1.82) is 0 Å². The molecule has 2 rings (SSSR count). The summed E-state index contributed by atoms with van der Waals surface area (Å²) in [6, 6.07) is 3.37. The summed E-state index contributed by atoms with van der Waals surface area (Å²) in [5, 5.41) is 16.9. The minimum Gasteiger partial charge on any atom is -0.507 e. The average molecular weight is 518 g/mol. The Hall–Kier alpha value is -2.77. The number of nitrogens with zero attached hydrogens (tertiary/aromatic N) is 1. The van der Waals surface area contributed by atoms with Gasteiger partial charge in [0.15, 0.2) is 0 Å². The van der Waals surface area contributed by atoms with Gasteiger partial charge >= 0.3 is 6.09 Å². The van der Waals surface area contributed by atoms with Crippen molar-refractivity contribution in [1.82, 2.24) is 15.5 Å². The number of hydrogen-bond acceptors (Lipinski definition) is 5. The van der Waals surface area contributed by atoms with E-state index in [-0.39, 0.29) is 29.5 Å². The van der Waals surface area contributed by atoms with Gasteiger partial charge in [0, 0.05) is 18.2 Å². The minimum atomic E-state index is -1.03. The lowest BCUT2D eigenvalue weighted by atomic mass is 9.93. The summed E-state index contributed by atoms with van der Waals surface area (Å²) in [4.78, 5) is 42.1. The van der Waals surface area contributed by atoms with Crippen LogP contribution in [0.15, 0.2) is 18.2 Å². The number of unbranched alkanes of at least 4 members (excludes halogenated alkanes) is 1. The van der Waals surface area contributed by atoms with Crippen LogP contribution in [-0.2, 0) is 14.3 Å². The largest absolute Gasteiger partial charge is 0.507 e. The quantitative estimate of drug-likeness (QED) is 0.387. The third-order valence-corrected chi connectivity index (χ3v) is 6.72. The molecule has 0 aliphatic heterocycles. The van der Waals surface area contributed by atoms with E-state index in [1.165, 1.54) is 4.90 Å². The van der Waals surface area contributed by atoms with E-state index in [2.05, 4.69) is 10.6 Å². The summed E-state index contributed by atoms with van der Waals surface area (Å²) in [7, 11) is 0. The molecule has 1 saturated carbocycles. The normalized spacial score (nSPS) is 16.1. The van der Waals surface area contributed by atoms with Crippen LogP contribution in [0.4, 0.5) is 4.79 Å². The summed E-state index contributed by atoms with van der Waals surface area (Å²) >= 11 is 0. The van der Waals surface area contributed by atoms with Crippen molar-refractivity contribution in [3.63, 3.8) is 0 Å². The molecule has 3 amide bonds. The Kier molecular flexibility index (Phi) is 11.3. The molecule has 0 heterocycles. The first kappa shape index (κ1) is 30.5.